The Morgan fingerprint density at radius 3 is 2.38 bits per heavy atom. The number of hydrogen-bond acceptors (Lipinski definition) is 1. The van der Waals surface area contributed by atoms with Crippen LogP contribution in [0.15, 0.2) is 40.9 Å². The Kier molecular flexibility index (Phi) is 5.42. The monoisotopic (exact) mass is 357 g/mol. The van der Waals surface area contributed by atoms with Gasteiger partial charge in [0.15, 0.2) is 0 Å². The molecule has 0 amide bonds. The molecule has 0 saturated heterocycles. The Morgan fingerprint density at radius 1 is 1.10 bits per heavy atom. The predicted octanol–water partition coefficient (Wildman–Crippen LogP) is 4.76. The summed E-state index contributed by atoms with van der Waals surface area (Å²) in [4.78, 5) is 0. The van der Waals surface area contributed by atoms with Crippen molar-refractivity contribution in [2.75, 3.05) is 6.54 Å². The van der Waals surface area contributed by atoms with Crippen LogP contribution in [-0.4, -0.2) is 6.54 Å². The lowest BCUT2D eigenvalue weighted by atomic mass is 9.98. The second-order valence-electron chi connectivity index (χ2n) is 4.74. The molecule has 2 rings (SSSR count). The molecule has 1 N–H and O–H groups in total. The highest BCUT2D eigenvalue weighted by molar-refractivity contribution is 9.10. The minimum absolute atomic E-state index is 0.301. The molecule has 1 unspecified atom stereocenters. The van der Waals surface area contributed by atoms with Crippen LogP contribution in [0.4, 0.5) is 13.2 Å². The van der Waals surface area contributed by atoms with E-state index in [1.54, 1.807) is 18.2 Å². The van der Waals surface area contributed by atoms with Crippen molar-refractivity contribution < 1.29 is 13.2 Å². The molecular formula is C16H15BrF3N. The van der Waals surface area contributed by atoms with Crippen molar-refractivity contribution in [3.8, 4) is 0 Å². The minimum atomic E-state index is -0.630. The van der Waals surface area contributed by atoms with Crippen molar-refractivity contribution in [1.82, 2.24) is 5.32 Å². The second-order valence-corrected chi connectivity index (χ2v) is 5.59. The van der Waals surface area contributed by atoms with E-state index in [0.29, 0.717) is 28.6 Å². The molecule has 0 radical (unpaired) electrons. The Hall–Kier alpha value is -1.33. The van der Waals surface area contributed by atoms with E-state index in [4.69, 9.17) is 0 Å². The molecule has 0 bridgehead atoms. The molecule has 0 aromatic heterocycles. The fourth-order valence-corrected chi connectivity index (χ4v) is 2.67. The second kappa shape index (κ2) is 7.09. The molecule has 2 aromatic carbocycles. The van der Waals surface area contributed by atoms with Gasteiger partial charge in [-0.25, -0.2) is 13.2 Å². The van der Waals surface area contributed by atoms with Gasteiger partial charge in [-0.1, -0.05) is 19.1 Å². The first-order valence-corrected chi connectivity index (χ1v) is 7.42. The van der Waals surface area contributed by atoms with Gasteiger partial charge >= 0.3 is 0 Å². The van der Waals surface area contributed by atoms with E-state index < -0.39 is 11.6 Å². The summed E-state index contributed by atoms with van der Waals surface area (Å²) in [6.07, 6.45) is 0.301. The van der Waals surface area contributed by atoms with Gasteiger partial charge in [-0.15, -0.1) is 0 Å². The third-order valence-corrected chi connectivity index (χ3v) is 3.78. The maximum Gasteiger partial charge on any atom is 0.142 e. The molecule has 21 heavy (non-hydrogen) atoms. The molecule has 1 nitrogen and oxygen atoms in total. The van der Waals surface area contributed by atoms with Crippen LogP contribution in [0.2, 0.25) is 0 Å². The van der Waals surface area contributed by atoms with Crippen molar-refractivity contribution in [2.45, 2.75) is 19.4 Å². The summed E-state index contributed by atoms with van der Waals surface area (Å²) in [7, 11) is 0. The number of halogens is 4. The Balaban J connectivity index is 2.32. The van der Waals surface area contributed by atoms with Crippen LogP contribution in [0.3, 0.4) is 0 Å². The number of hydrogen-bond donors (Lipinski definition) is 1. The first kappa shape index (κ1) is 16.0. The average molecular weight is 358 g/mol. The summed E-state index contributed by atoms with van der Waals surface area (Å²) >= 11 is 3.15. The van der Waals surface area contributed by atoms with Crippen molar-refractivity contribution in [1.29, 1.82) is 0 Å². The van der Waals surface area contributed by atoms with Gasteiger partial charge in [0.2, 0.25) is 0 Å². The zero-order chi connectivity index (χ0) is 15.4. The SMILES string of the molecule is CCNC(Cc1cc(F)cc(F)c1)c1cccc(Br)c1F. The lowest BCUT2D eigenvalue weighted by Crippen LogP contribution is -2.24. The number of nitrogens with one attached hydrogen (secondary N) is 1. The fraction of sp³-hybridized carbons (Fsp3) is 0.250. The smallest absolute Gasteiger partial charge is 0.142 e. The van der Waals surface area contributed by atoms with Gasteiger partial charge in [-0.2, -0.15) is 0 Å². The molecule has 112 valence electrons. The highest BCUT2D eigenvalue weighted by Crippen LogP contribution is 2.26. The van der Waals surface area contributed by atoms with Gasteiger partial charge in [0, 0.05) is 17.7 Å². The predicted molar refractivity (Wildman–Crippen MR) is 80.6 cm³/mol. The molecule has 0 aliphatic rings. The zero-order valence-corrected chi connectivity index (χ0v) is 13.1. The van der Waals surface area contributed by atoms with Crippen LogP contribution in [-0.2, 0) is 6.42 Å². The largest absolute Gasteiger partial charge is 0.310 e. The van der Waals surface area contributed by atoms with Crippen molar-refractivity contribution in [2.24, 2.45) is 0 Å². The van der Waals surface area contributed by atoms with Crippen LogP contribution in [0, 0.1) is 17.5 Å². The van der Waals surface area contributed by atoms with Gasteiger partial charge < -0.3 is 5.32 Å². The molecule has 0 heterocycles. The van der Waals surface area contributed by atoms with Gasteiger partial charge in [0.25, 0.3) is 0 Å². The third-order valence-electron chi connectivity index (χ3n) is 3.17. The van der Waals surface area contributed by atoms with Gasteiger partial charge in [-0.3, -0.25) is 0 Å². The van der Waals surface area contributed by atoms with Crippen LogP contribution < -0.4 is 5.32 Å². The van der Waals surface area contributed by atoms with Gasteiger partial charge in [0.05, 0.1) is 4.47 Å². The van der Waals surface area contributed by atoms with Crippen LogP contribution >= 0.6 is 15.9 Å². The fourth-order valence-electron chi connectivity index (χ4n) is 2.29. The lowest BCUT2D eigenvalue weighted by molar-refractivity contribution is 0.504. The molecule has 0 aliphatic heterocycles. The molecule has 0 aliphatic carbocycles. The molecule has 0 spiro atoms. The van der Waals surface area contributed by atoms with E-state index in [1.165, 1.54) is 12.1 Å². The first-order chi connectivity index (χ1) is 10.0. The van der Waals surface area contributed by atoms with Crippen LogP contribution in [0.25, 0.3) is 0 Å². The zero-order valence-electron chi connectivity index (χ0n) is 11.5. The van der Waals surface area contributed by atoms with Gasteiger partial charge in [0.1, 0.15) is 17.5 Å². The molecule has 2 aromatic rings. The summed E-state index contributed by atoms with van der Waals surface area (Å²) in [6, 6.07) is 8.03. The maximum absolute atomic E-state index is 14.2. The van der Waals surface area contributed by atoms with Crippen LogP contribution in [0.5, 0.6) is 0 Å². The topological polar surface area (TPSA) is 12.0 Å². The number of rotatable bonds is 5. The summed E-state index contributed by atoms with van der Waals surface area (Å²) in [5.74, 6) is -1.62. The lowest BCUT2D eigenvalue weighted by Gasteiger charge is -2.19. The van der Waals surface area contributed by atoms with Crippen LogP contribution in [0.1, 0.15) is 24.1 Å². The van der Waals surface area contributed by atoms with E-state index in [9.17, 15) is 13.2 Å². The average Bonchev–Trinajstić information content (AvgIpc) is 2.40. The van der Waals surface area contributed by atoms with E-state index in [2.05, 4.69) is 21.2 Å². The summed E-state index contributed by atoms with van der Waals surface area (Å²) < 4.78 is 41.1. The standard InChI is InChI=1S/C16H15BrF3N/c1-2-21-15(13-4-3-5-14(17)16(13)20)8-10-6-11(18)9-12(19)7-10/h3-7,9,15,21H,2,8H2,1H3. The van der Waals surface area contributed by atoms with E-state index in [-0.39, 0.29) is 11.9 Å². The minimum Gasteiger partial charge on any atom is -0.310 e. The van der Waals surface area contributed by atoms with E-state index in [0.717, 1.165) is 6.07 Å². The highest BCUT2D eigenvalue weighted by Gasteiger charge is 2.17. The molecular weight excluding hydrogens is 343 g/mol. The van der Waals surface area contributed by atoms with Gasteiger partial charge in [-0.05, 0) is 52.7 Å². The summed E-state index contributed by atoms with van der Waals surface area (Å²) in [6.45, 7) is 2.52. The highest BCUT2D eigenvalue weighted by atomic mass is 79.9. The normalized spacial score (nSPS) is 12.4. The quantitative estimate of drug-likeness (QED) is 0.813. The summed E-state index contributed by atoms with van der Waals surface area (Å²) in [5.41, 5.74) is 0.953. The summed E-state index contributed by atoms with van der Waals surface area (Å²) in [5, 5.41) is 3.15. The Bertz CT molecular complexity index is 611. The molecule has 0 saturated carbocycles. The number of likely N-dealkylation sites (N-methyl/N-ethyl adjacent to an activating group) is 1. The Labute approximate surface area is 130 Å². The number of benzene rings is 2. The van der Waals surface area contributed by atoms with Crippen molar-refractivity contribution in [3.05, 3.63) is 69.4 Å². The van der Waals surface area contributed by atoms with Crippen molar-refractivity contribution >= 4 is 15.9 Å². The Morgan fingerprint density at radius 2 is 1.76 bits per heavy atom. The van der Waals surface area contributed by atoms with E-state index in [1.807, 2.05) is 6.92 Å². The third kappa shape index (κ3) is 4.08. The van der Waals surface area contributed by atoms with E-state index >= 15 is 0 Å². The molecule has 1 atom stereocenters. The van der Waals surface area contributed by atoms with Crippen molar-refractivity contribution in [3.63, 3.8) is 0 Å². The molecule has 0 fully saturated rings. The maximum atomic E-state index is 14.2. The molecule has 5 heteroatoms. The first-order valence-electron chi connectivity index (χ1n) is 6.63.